The summed E-state index contributed by atoms with van der Waals surface area (Å²) in [4.78, 5) is 30.7. The summed E-state index contributed by atoms with van der Waals surface area (Å²) in [6.45, 7) is 0. The molecule has 0 atom stereocenters. The lowest BCUT2D eigenvalue weighted by molar-refractivity contribution is -0.384. The number of ketones is 1. The van der Waals surface area contributed by atoms with Gasteiger partial charge < -0.3 is 5.11 Å². The first-order valence-electron chi connectivity index (χ1n) is 4.87. The normalized spacial score (nSPS) is 10.9. The van der Waals surface area contributed by atoms with Gasteiger partial charge >= 0.3 is 5.97 Å². The molecule has 0 radical (unpaired) electrons. The van der Waals surface area contributed by atoms with E-state index in [2.05, 4.69) is 0 Å². The third-order valence-corrected chi connectivity index (χ3v) is 1.96. The minimum atomic E-state index is -1.52. The fourth-order valence-electron chi connectivity index (χ4n) is 1.09. The monoisotopic (exact) mass is 247 g/mol. The van der Waals surface area contributed by atoms with Crippen molar-refractivity contribution in [3.8, 4) is 0 Å². The molecular weight excluding hydrogens is 238 g/mol. The molecule has 6 heteroatoms. The predicted molar refractivity (Wildman–Crippen MR) is 63.9 cm³/mol. The van der Waals surface area contributed by atoms with Crippen LogP contribution in [0.4, 0.5) is 5.69 Å². The molecule has 0 aliphatic heterocycles. The number of nitrogens with zero attached hydrogens (tertiary/aromatic N) is 1. The lowest BCUT2D eigenvalue weighted by Gasteiger charge is -1.92. The third kappa shape index (κ3) is 4.01. The van der Waals surface area contributed by atoms with E-state index in [4.69, 9.17) is 5.11 Å². The molecule has 18 heavy (non-hydrogen) atoms. The van der Waals surface area contributed by atoms with Crippen molar-refractivity contribution >= 4 is 23.5 Å². The van der Waals surface area contributed by atoms with Gasteiger partial charge in [-0.05, 0) is 23.8 Å². The summed E-state index contributed by atoms with van der Waals surface area (Å²) in [5.41, 5.74) is 0.691. The fourth-order valence-corrected chi connectivity index (χ4v) is 1.09. The Kier molecular flexibility index (Phi) is 4.50. The maximum Gasteiger partial charge on any atom is 0.376 e. The maximum absolute atomic E-state index is 10.7. The number of nitro groups is 1. The molecule has 1 N–H and O–H groups in total. The van der Waals surface area contributed by atoms with Gasteiger partial charge in [0.2, 0.25) is 0 Å². The van der Waals surface area contributed by atoms with Crippen molar-refractivity contribution < 1.29 is 19.6 Å². The Balaban J connectivity index is 2.65. The van der Waals surface area contributed by atoms with Gasteiger partial charge in [0.1, 0.15) is 0 Å². The van der Waals surface area contributed by atoms with E-state index in [1.165, 1.54) is 24.3 Å². The SMILES string of the molecule is O=C(O)C(=O)/C=C/C=C/c1ccc([N+](=O)[O-])cc1. The summed E-state index contributed by atoms with van der Waals surface area (Å²) in [5, 5.41) is 18.7. The smallest absolute Gasteiger partial charge is 0.376 e. The highest BCUT2D eigenvalue weighted by Crippen LogP contribution is 2.12. The molecule has 1 rings (SSSR count). The molecule has 0 saturated heterocycles. The van der Waals surface area contributed by atoms with Gasteiger partial charge in [0.05, 0.1) is 4.92 Å². The van der Waals surface area contributed by atoms with Crippen LogP contribution in [0.15, 0.2) is 42.5 Å². The molecule has 0 fully saturated rings. The van der Waals surface area contributed by atoms with Crippen molar-refractivity contribution in [3.05, 3.63) is 58.2 Å². The Morgan fingerprint density at radius 3 is 2.28 bits per heavy atom. The Bertz CT molecular complexity index is 528. The summed E-state index contributed by atoms with van der Waals surface area (Å²) < 4.78 is 0. The quantitative estimate of drug-likeness (QED) is 0.281. The first kappa shape index (κ1) is 13.3. The van der Waals surface area contributed by atoms with Crippen molar-refractivity contribution in [1.29, 1.82) is 0 Å². The minimum Gasteiger partial charge on any atom is -0.475 e. The van der Waals surface area contributed by atoms with E-state index in [0.29, 0.717) is 5.56 Å². The average molecular weight is 247 g/mol. The van der Waals surface area contributed by atoms with E-state index >= 15 is 0 Å². The molecule has 92 valence electrons. The van der Waals surface area contributed by atoms with Crippen LogP contribution < -0.4 is 0 Å². The maximum atomic E-state index is 10.7. The fraction of sp³-hybridized carbons (Fsp3) is 0. The number of hydrogen-bond acceptors (Lipinski definition) is 4. The van der Waals surface area contributed by atoms with Gasteiger partial charge in [-0.15, -0.1) is 0 Å². The summed E-state index contributed by atoms with van der Waals surface area (Å²) in [6.07, 6.45) is 5.28. The number of carbonyl (C=O) groups is 2. The number of aliphatic carboxylic acids is 1. The number of carboxylic acids is 1. The first-order chi connectivity index (χ1) is 8.50. The molecule has 0 bridgehead atoms. The Morgan fingerprint density at radius 1 is 1.17 bits per heavy atom. The lowest BCUT2D eigenvalue weighted by Crippen LogP contribution is -2.08. The van der Waals surface area contributed by atoms with Gasteiger partial charge in [-0.3, -0.25) is 14.9 Å². The van der Waals surface area contributed by atoms with Crippen LogP contribution in [0, 0.1) is 10.1 Å². The van der Waals surface area contributed by atoms with Crippen molar-refractivity contribution in [2.24, 2.45) is 0 Å². The number of carbonyl (C=O) groups excluding carboxylic acids is 1. The van der Waals surface area contributed by atoms with Gasteiger partial charge in [-0.1, -0.05) is 18.2 Å². The summed E-state index contributed by atoms with van der Waals surface area (Å²) in [5.74, 6) is -2.53. The molecule has 0 heterocycles. The molecular formula is C12H9NO5. The molecule has 0 saturated carbocycles. The highest BCUT2D eigenvalue weighted by Gasteiger charge is 2.04. The van der Waals surface area contributed by atoms with Crippen LogP contribution >= 0.6 is 0 Å². The number of hydrogen-bond donors (Lipinski definition) is 1. The Hall–Kier alpha value is -2.76. The number of carboxylic acid groups (broad SMARTS) is 1. The Labute approximate surface area is 102 Å². The van der Waals surface area contributed by atoms with Gasteiger partial charge in [0.15, 0.2) is 0 Å². The second-order valence-corrected chi connectivity index (χ2v) is 3.24. The Morgan fingerprint density at radius 2 is 1.78 bits per heavy atom. The van der Waals surface area contributed by atoms with Crippen LogP contribution in [0.3, 0.4) is 0 Å². The summed E-state index contributed by atoms with van der Waals surface area (Å²) in [6, 6.07) is 5.79. The largest absolute Gasteiger partial charge is 0.475 e. The second kappa shape index (κ2) is 6.09. The number of non-ortho nitro benzene ring substituents is 1. The number of nitro benzene ring substituents is 1. The zero-order chi connectivity index (χ0) is 13.5. The highest BCUT2D eigenvalue weighted by atomic mass is 16.6. The molecule has 0 unspecified atom stereocenters. The van der Waals surface area contributed by atoms with E-state index in [9.17, 15) is 19.7 Å². The van der Waals surface area contributed by atoms with Crippen LogP contribution in [0.25, 0.3) is 6.08 Å². The summed E-state index contributed by atoms with van der Waals surface area (Å²) >= 11 is 0. The standard InChI is InChI=1S/C12H9NO5/c14-11(12(15)16)4-2-1-3-9-5-7-10(8-6-9)13(17)18/h1-8H,(H,15,16)/b3-1+,4-2+. The van der Waals surface area contributed by atoms with E-state index < -0.39 is 16.7 Å². The van der Waals surface area contributed by atoms with E-state index in [0.717, 1.165) is 6.08 Å². The molecule has 1 aromatic rings. The van der Waals surface area contributed by atoms with Crippen LogP contribution in [0.5, 0.6) is 0 Å². The lowest BCUT2D eigenvalue weighted by atomic mass is 10.2. The molecule has 0 aromatic heterocycles. The van der Waals surface area contributed by atoms with Crippen LogP contribution in [0.2, 0.25) is 0 Å². The number of benzene rings is 1. The van der Waals surface area contributed by atoms with Gasteiger partial charge in [0.25, 0.3) is 11.5 Å². The van der Waals surface area contributed by atoms with Crippen LogP contribution in [-0.2, 0) is 9.59 Å². The molecule has 0 spiro atoms. The van der Waals surface area contributed by atoms with Crippen LogP contribution in [-0.4, -0.2) is 21.8 Å². The third-order valence-electron chi connectivity index (χ3n) is 1.96. The molecule has 1 aromatic carbocycles. The highest BCUT2D eigenvalue weighted by molar-refractivity contribution is 6.37. The van der Waals surface area contributed by atoms with Crippen molar-refractivity contribution in [2.45, 2.75) is 0 Å². The molecule has 6 nitrogen and oxygen atoms in total. The van der Waals surface area contributed by atoms with E-state index in [1.807, 2.05) is 0 Å². The van der Waals surface area contributed by atoms with E-state index in [-0.39, 0.29) is 5.69 Å². The average Bonchev–Trinajstić information content (AvgIpc) is 2.34. The van der Waals surface area contributed by atoms with Crippen LogP contribution in [0.1, 0.15) is 5.56 Å². The first-order valence-corrected chi connectivity index (χ1v) is 4.87. The molecule has 0 aliphatic carbocycles. The van der Waals surface area contributed by atoms with Gasteiger partial charge in [0, 0.05) is 12.1 Å². The minimum absolute atomic E-state index is 0.0104. The predicted octanol–water partition coefficient (Wildman–Crippen LogP) is 1.82. The number of allylic oxidation sites excluding steroid dienone is 2. The number of rotatable bonds is 5. The molecule has 0 aliphatic rings. The zero-order valence-corrected chi connectivity index (χ0v) is 9.15. The van der Waals surface area contributed by atoms with Gasteiger partial charge in [-0.2, -0.15) is 0 Å². The summed E-state index contributed by atoms with van der Waals surface area (Å²) in [7, 11) is 0. The van der Waals surface area contributed by atoms with Crippen molar-refractivity contribution in [1.82, 2.24) is 0 Å². The van der Waals surface area contributed by atoms with Crippen molar-refractivity contribution in [3.63, 3.8) is 0 Å². The van der Waals surface area contributed by atoms with Gasteiger partial charge in [-0.25, -0.2) is 4.79 Å². The van der Waals surface area contributed by atoms with E-state index in [1.54, 1.807) is 18.2 Å². The zero-order valence-electron chi connectivity index (χ0n) is 9.15. The molecule has 0 amide bonds. The van der Waals surface area contributed by atoms with Crippen molar-refractivity contribution in [2.75, 3.05) is 0 Å². The topological polar surface area (TPSA) is 97.5 Å². The second-order valence-electron chi connectivity index (χ2n) is 3.24.